The van der Waals surface area contributed by atoms with Crippen LogP contribution in [0.15, 0.2) is 36.4 Å². The minimum absolute atomic E-state index is 0.140. The summed E-state index contributed by atoms with van der Waals surface area (Å²) in [5.41, 5.74) is 0. The van der Waals surface area contributed by atoms with Gasteiger partial charge in [0.1, 0.15) is 24.7 Å². The third-order valence-corrected chi connectivity index (χ3v) is 16.3. The van der Waals surface area contributed by atoms with Crippen molar-refractivity contribution in [1.29, 1.82) is 0 Å². The summed E-state index contributed by atoms with van der Waals surface area (Å²) in [7, 11) is 0. The van der Waals surface area contributed by atoms with E-state index in [2.05, 4.69) is 160 Å². The lowest BCUT2D eigenvalue weighted by atomic mass is 10.0. The van der Waals surface area contributed by atoms with Crippen LogP contribution in [-0.2, 0) is 19.1 Å². The number of unbranched alkanes of at least 4 members (excludes halogenated alkanes) is 30. The molecule has 12 heteroatoms. The molecule has 2 aromatic carbocycles. The summed E-state index contributed by atoms with van der Waals surface area (Å²) in [6.07, 6.45) is 45.3. The zero-order valence-corrected chi connectivity index (χ0v) is 53.0. The van der Waals surface area contributed by atoms with Gasteiger partial charge in [-0.25, -0.2) is 0 Å². The molecule has 376 valence electrons. The van der Waals surface area contributed by atoms with Gasteiger partial charge < -0.3 is 18.9 Å². The van der Waals surface area contributed by atoms with Gasteiger partial charge in [0.25, 0.3) is 0 Å². The topological polar surface area (TPSA) is 71.1 Å². The van der Waals surface area contributed by atoms with Crippen LogP contribution in [0.3, 0.4) is 0 Å². The van der Waals surface area contributed by atoms with Crippen molar-refractivity contribution in [1.82, 2.24) is 0 Å². The number of carbonyl (C=O) groups excluding carboxylic acids is 2. The highest BCUT2D eigenvalue weighted by atomic mass is 127. The van der Waals surface area contributed by atoms with Crippen LogP contribution in [0.5, 0.6) is 11.5 Å². The maximum atomic E-state index is 12.1. The van der Waals surface area contributed by atoms with Crippen LogP contribution in [0.4, 0.5) is 0 Å². The van der Waals surface area contributed by atoms with Gasteiger partial charge in [0.2, 0.25) is 0 Å². The van der Waals surface area contributed by atoms with Crippen molar-refractivity contribution >= 4 is 147 Å². The Kier molecular flexibility index (Phi) is 42.9. The average Bonchev–Trinajstić information content (AvgIpc) is 3.27. The maximum Gasteiger partial charge on any atom is 0.306 e. The molecule has 0 aliphatic heterocycles. The lowest BCUT2D eigenvalue weighted by Crippen LogP contribution is -2.05. The summed E-state index contributed by atoms with van der Waals surface area (Å²) in [4.78, 5) is 24.1. The first-order valence-electron chi connectivity index (χ1n) is 25.7. The van der Waals surface area contributed by atoms with Crippen LogP contribution in [0.2, 0.25) is 0 Å². The summed E-state index contributed by atoms with van der Waals surface area (Å²) >= 11 is 14.2. The average molecular weight is 1590 g/mol. The minimum atomic E-state index is -0.140. The van der Waals surface area contributed by atoms with Crippen molar-refractivity contribution in [2.45, 2.75) is 218 Å². The molecule has 0 aromatic heterocycles. The molecule has 0 atom stereocenters. The molecule has 0 saturated heterocycles. The number of benzene rings is 2. The van der Waals surface area contributed by atoms with Crippen LogP contribution >= 0.6 is 136 Å². The minimum Gasteiger partial charge on any atom is -0.491 e. The second-order valence-electron chi connectivity index (χ2n) is 17.7. The van der Waals surface area contributed by atoms with Crippen molar-refractivity contribution in [2.24, 2.45) is 0 Å². The number of esters is 2. The number of halogens is 6. The third-order valence-electron chi connectivity index (χ3n) is 11.8. The van der Waals surface area contributed by atoms with E-state index in [1.54, 1.807) is 12.2 Å². The normalized spacial score (nSPS) is 11.4. The van der Waals surface area contributed by atoms with E-state index in [4.69, 9.17) is 18.9 Å². The Morgan fingerprint density at radius 2 is 0.545 bits per heavy atom. The van der Waals surface area contributed by atoms with Gasteiger partial charge in [-0.2, -0.15) is 0 Å². The first kappa shape index (κ1) is 63.2. The first-order valence-corrected chi connectivity index (χ1v) is 32.2. The fraction of sp³-hybridized carbons (Fsp3) is 0.704. The van der Waals surface area contributed by atoms with Crippen molar-refractivity contribution in [3.8, 4) is 11.5 Å². The Labute approximate surface area is 483 Å². The Morgan fingerprint density at radius 3 is 0.788 bits per heavy atom. The van der Waals surface area contributed by atoms with E-state index in [1.165, 1.54) is 188 Å². The molecular weight excluding hydrogens is 1510 g/mol. The molecule has 0 aliphatic carbocycles. The molecule has 2 aromatic rings. The Morgan fingerprint density at radius 1 is 0.333 bits per heavy atom. The molecule has 0 radical (unpaired) electrons. The van der Waals surface area contributed by atoms with Gasteiger partial charge in [-0.05, 0) is 198 Å². The van der Waals surface area contributed by atoms with Gasteiger partial charge in [0.05, 0.1) is 27.5 Å². The largest absolute Gasteiger partial charge is 0.491 e. The molecule has 0 bridgehead atoms. The summed E-state index contributed by atoms with van der Waals surface area (Å²) in [5, 5.41) is 0. The van der Waals surface area contributed by atoms with E-state index in [0.717, 1.165) is 63.2 Å². The zero-order chi connectivity index (χ0) is 47.7. The fourth-order valence-electron chi connectivity index (χ4n) is 7.94. The fourth-order valence-corrected chi connectivity index (χ4v) is 15.7. The molecule has 0 aliphatic rings. The van der Waals surface area contributed by atoms with E-state index >= 15 is 0 Å². The van der Waals surface area contributed by atoms with Crippen LogP contribution in [0.1, 0.15) is 218 Å². The highest BCUT2D eigenvalue weighted by Gasteiger charge is 2.10. The number of hydrogen-bond donors (Lipinski definition) is 0. The van der Waals surface area contributed by atoms with Gasteiger partial charge in [-0.1, -0.05) is 180 Å². The van der Waals surface area contributed by atoms with Crippen LogP contribution in [0.25, 0.3) is 0 Å². The van der Waals surface area contributed by atoms with Crippen LogP contribution < -0.4 is 9.47 Å². The highest BCUT2D eigenvalue weighted by Crippen LogP contribution is 2.31. The third kappa shape index (κ3) is 36.1. The van der Waals surface area contributed by atoms with Crippen LogP contribution in [0, 0.1) is 21.4 Å². The summed E-state index contributed by atoms with van der Waals surface area (Å²) in [6, 6.07) is 8.71. The van der Waals surface area contributed by atoms with Crippen molar-refractivity contribution in [3.05, 3.63) is 57.8 Å². The second-order valence-corrected chi connectivity index (χ2v) is 24.9. The molecule has 0 unspecified atom stereocenters. The number of hydrogen-bond acceptors (Lipinski definition) is 6. The zero-order valence-electron chi connectivity index (χ0n) is 40.1. The van der Waals surface area contributed by atoms with E-state index in [0.29, 0.717) is 12.8 Å². The summed E-state index contributed by atoms with van der Waals surface area (Å²) < 4.78 is 30.1. The molecular formula is C54H82I6O6. The molecule has 0 heterocycles. The van der Waals surface area contributed by atoms with Gasteiger partial charge in [-0.15, -0.1) is 0 Å². The summed E-state index contributed by atoms with van der Waals surface area (Å²) in [5.74, 6) is 1.82. The van der Waals surface area contributed by atoms with Crippen molar-refractivity contribution in [3.63, 3.8) is 0 Å². The Hall–Kier alpha value is 1.10. The number of ether oxygens (including phenoxy) is 4. The molecule has 2 rings (SSSR count). The van der Waals surface area contributed by atoms with Crippen molar-refractivity contribution < 1.29 is 28.5 Å². The Bertz CT molecular complexity index is 1410. The molecule has 0 amide bonds. The molecule has 0 saturated carbocycles. The lowest BCUT2D eigenvalue weighted by Gasteiger charge is -2.11. The summed E-state index contributed by atoms with van der Waals surface area (Å²) in [6.45, 7) is 2.12. The van der Waals surface area contributed by atoms with E-state index in [9.17, 15) is 9.59 Å². The predicted molar refractivity (Wildman–Crippen MR) is 328 cm³/mol. The molecule has 0 N–H and O–H groups in total. The highest BCUT2D eigenvalue weighted by molar-refractivity contribution is 14.1. The smallest absolute Gasteiger partial charge is 0.306 e. The number of carbonyl (C=O) groups is 2. The molecule has 6 nitrogen and oxygen atoms in total. The van der Waals surface area contributed by atoms with Gasteiger partial charge >= 0.3 is 11.9 Å². The standard InChI is InChI=1S/C54H82I6O6/c55-45-41-47(57)53(48(58)42-45)65-39-31-27-23-19-15-11-7-3-1-5-9-13-17-21-25-29-35-51(61)63-37-33-34-38-64-52(62)36-30-26-22-18-14-10-6-2-4-8-12-16-20-24-28-32-40-66-54-49(59)43-46(56)44-50(54)60/h33-34,41-44H,1-32,35-40H2/b34-33-. The second kappa shape index (κ2) is 44.8. The van der Waals surface area contributed by atoms with Gasteiger partial charge in [0, 0.05) is 20.0 Å². The maximum absolute atomic E-state index is 12.1. The quantitative estimate of drug-likeness (QED) is 0.0285. The molecule has 0 spiro atoms. The number of rotatable bonds is 44. The predicted octanol–water partition coefficient (Wildman–Crippen LogP) is 19.7. The SMILES string of the molecule is O=C(CCCCCCCCCCCCCCCCCCOc1c(I)cc(I)cc1I)OC/C=C\COC(=O)CCCCCCCCCCCCCCCCCCOc1c(I)cc(I)cc1I. The Balaban J connectivity index is 1.21. The molecule has 66 heavy (non-hydrogen) atoms. The lowest BCUT2D eigenvalue weighted by molar-refractivity contribution is -0.143. The monoisotopic (exact) mass is 1590 g/mol. The van der Waals surface area contributed by atoms with Crippen molar-refractivity contribution in [2.75, 3.05) is 26.4 Å². The van der Waals surface area contributed by atoms with Crippen LogP contribution in [-0.4, -0.2) is 38.4 Å². The van der Waals surface area contributed by atoms with E-state index in [1.807, 2.05) is 0 Å². The van der Waals surface area contributed by atoms with E-state index < -0.39 is 0 Å². The van der Waals surface area contributed by atoms with E-state index in [-0.39, 0.29) is 25.2 Å². The van der Waals surface area contributed by atoms with Gasteiger partial charge in [0.15, 0.2) is 0 Å². The van der Waals surface area contributed by atoms with Gasteiger partial charge in [-0.3, -0.25) is 9.59 Å². The molecule has 0 fully saturated rings. The first-order chi connectivity index (χ1) is 32.2.